The van der Waals surface area contributed by atoms with Crippen molar-refractivity contribution in [3.8, 4) is 17.0 Å². The number of phenols is 1. The lowest BCUT2D eigenvalue weighted by Crippen LogP contribution is -2.54. The van der Waals surface area contributed by atoms with Gasteiger partial charge in [-0.25, -0.2) is 0 Å². The predicted octanol–water partition coefficient (Wildman–Crippen LogP) is 2.19. The first-order valence-corrected chi connectivity index (χ1v) is 16.4. The van der Waals surface area contributed by atoms with E-state index in [4.69, 9.17) is 9.47 Å². The molecule has 0 spiro atoms. The standard InChI is InChI=1S/C35H35N7O8/c43-28-7-2-1-4-22(28)26-17-20-16-25(37-32(20)40-39-26)21-18-41(19-21)30(45)10-12-49-14-15-50-13-11-36-24-6-3-5-23-31(24)35(48)42(34(23)47)27-8-9-29(44)38-33(27)46/h1-7,16-17,21,27,36,43H,8-15,18-19H2,(H,37,40)(H,38,44,46). The minimum Gasteiger partial charge on any atom is -0.507 e. The highest BCUT2D eigenvalue weighted by atomic mass is 16.5. The molecular weight excluding hydrogens is 646 g/mol. The summed E-state index contributed by atoms with van der Waals surface area (Å²) in [4.78, 5) is 68.7. The molecule has 0 saturated carbocycles. The Hall–Kier alpha value is -5.67. The number of carbonyl (C=O) groups is 5. The molecule has 3 aliphatic heterocycles. The van der Waals surface area contributed by atoms with E-state index in [0.717, 1.165) is 16.0 Å². The average molecular weight is 682 g/mol. The number of hydrogen-bond donors (Lipinski definition) is 4. The Labute approximate surface area is 285 Å². The van der Waals surface area contributed by atoms with E-state index in [1.54, 1.807) is 41.3 Å². The van der Waals surface area contributed by atoms with Crippen molar-refractivity contribution >= 4 is 46.3 Å². The van der Waals surface area contributed by atoms with Crippen LogP contribution in [0.25, 0.3) is 22.3 Å². The molecule has 0 radical (unpaired) electrons. The number of likely N-dealkylation sites (tertiary alicyclic amines) is 1. The first-order chi connectivity index (χ1) is 24.3. The summed E-state index contributed by atoms with van der Waals surface area (Å²) >= 11 is 0. The van der Waals surface area contributed by atoms with Gasteiger partial charge in [0, 0.05) is 54.3 Å². The van der Waals surface area contributed by atoms with E-state index >= 15 is 0 Å². The van der Waals surface area contributed by atoms with Crippen molar-refractivity contribution in [3.05, 3.63) is 71.4 Å². The van der Waals surface area contributed by atoms with Gasteiger partial charge < -0.3 is 29.8 Å². The van der Waals surface area contributed by atoms with Crippen molar-refractivity contribution in [1.82, 2.24) is 30.3 Å². The summed E-state index contributed by atoms with van der Waals surface area (Å²) in [5.74, 6) is -1.88. The molecule has 2 aromatic carbocycles. The molecule has 2 saturated heterocycles. The first-order valence-electron chi connectivity index (χ1n) is 16.4. The van der Waals surface area contributed by atoms with Crippen LogP contribution in [0.15, 0.2) is 54.6 Å². The number of para-hydroxylation sites is 1. The summed E-state index contributed by atoms with van der Waals surface area (Å²) in [5.41, 5.74) is 3.70. The summed E-state index contributed by atoms with van der Waals surface area (Å²) in [6.45, 7) is 2.74. The molecule has 1 unspecified atom stereocenters. The average Bonchev–Trinajstić information content (AvgIpc) is 3.61. The number of imide groups is 2. The van der Waals surface area contributed by atoms with Crippen molar-refractivity contribution in [1.29, 1.82) is 0 Å². The number of anilines is 1. The van der Waals surface area contributed by atoms with Crippen LogP contribution in [0.1, 0.15) is 51.6 Å². The number of rotatable bonds is 13. The second-order valence-corrected chi connectivity index (χ2v) is 12.3. The Morgan fingerprint density at radius 2 is 1.70 bits per heavy atom. The summed E-state index contributed by atoms with van der Waals surface area (Å²) in [5, 5.41) is 24.9. The van der Waals surface area contributed by atoms with Crippen molar-refractivity contribution < 1.29 is 38.6 Å². The van der Waals surface area contributed by atoms with Crippen LogP contribution in [-0.4, -0.2) is 112 Å². The highest BCUT2D eigenvalue weighted by Gasteiger charge is 2.45. The summed E-state index contributed by atoms with van der Waals surface area (Å²) in [7, 11) is 0. The lowest BCUT2D eigenvalue weighted by Gasteiger charge is -2.39. The molecule has 0 bridgehead atoms. The molecule has 0 aliphatic carbocycles. The number of benzene rings is 2. The summed E-state index contributed by atoms with van der Waals surface area (Å²) in [6.07, 6.45) is 0.410. The number of aromatic nitrogens is 3. The van der Waals surface area contributed by atoms with Gasteiger partial charge in [0.2, 0.25) is 17.7 Å². The van der Waals surface area contributed by atoms with E-state index < -0.39 is 29.7 Å². The van der Waals surface area contributed by atoms with Gasteiger partial charge in [-0.3, -0.25) is 34.2 Å². The molecule has 1 atom stereocenters. The number of fused-ring (bicyclic) bond motifs is 2. The van der Waals surface area contributed by atoms with Gasteiger partial charge >= 0.3 is 0 Å². The molecule has 15 nitrogen and oxygen atoms in total. The number of nitrogens with zero attached hydrogens (tertiary/aromatic N) is 4. The van der Waals surface area contributed by atoms with Crippen LogP contribution in [0.3, 0.4) is 0 Å². The van der Waals surface area contributed by atoms with Gasteiger partial charge in [-0.2, -0.15) is 0 Å². The Balaban J connectivity index is 0.788. The molecule has 5 amide bonds. The van der Waals surface area contributed by atoms with Gasteiger partial charge in [-0.15, -0.1) is 10.2 Å². The molecule has 7 rings (SSSR count). The number of piperidine rings is 1. The smallest absolute Gasteiger partial charge is 0.264 e. The fraction of sp³-hybridized carbons (Fsp3) is 0.343. The molecule has 4 N–H and O–H groups in total. The Kier molecular flexibility index (Phi) is 9.23. The van der Waals surface area contributed by atoms with Gasteiger partial charge in [0.1, 0.15) is 11.8 Å². The number of hydrogen-bond acceptors (Lipinski definition) is 11. The van der Waals surface area contributed by atoms with E-state index in [1.165, 1.54) is 0 Å². The van der Waals surface area contributed by atoms with Crippen molar-refractivity contribution in [2.24, 2.45) is 0 Å². The largest absolute Gasteiger partial charge is 0.507 e. The molecule has 50 heavy (non-hydrogen) atoms. The van der Waals surface area contributed by atoms with Crippen LogP contribution in [-0.2, 0) is 23.9 Å². The minimum absolute atomic E-state index is 0.0173. The van der Waals surface area contributed by atoms with Gasteiger partial charge in [-0.1, -0.05) is 18.2 Å². The van der Waals surface area contributed by atoms with E-state index in [-0.39, 0.29) is 54.6 Å². The van der Waals surface area contributed by atoms with Crippen LogP contribution in [0.2, 0.25) is 0 Å². The Bertz CT molecular complexity index is 1990. The van der Waals surface area contributed by atoms with Gasteiger partial charge in [0.25, 0.3) is 11.8 Å². The van der Waals surface area contributed by atoms with Crippen LogP contribution >= 0.6 is 0 Å². The van der Waals surface area contributed by atoms with E-state index in [1.807, 2.05) is 18.2 Å². The molecule has 2 aromatic heterocycles. The lowest BCUT2D eigenvalue weighted by atomic mass is 9.96. The molecule has 4 aromatic rings. The fourth-order valence-electron chi connectivity index (χ4n) is 6.43. The first kappa shape index (κ1) is 32.9. The number of carbonyl (C=O) groups excluding carboxylic acids is 5. The maximum Gasteiger partial charge on any atom is 0.264 e. The van der Waals surface area contributed by atoms with Gasteiger partial charge in [0.15, 0.2) is 5.65 Å². The second-order valence-electron chi connectivity index (χ2n) is 12.3. The predicted molar refractivity (Wildman–Crippen MR) is 178 cm³/mol. The zero-order valence-corrected chi connectivity index (χ0v) is 27.0. The van der Waals surface area contributed by atoms with Crippen LogP contribution in [0.4, 0.5) is 5.69 Å². The summed E-state index contributed by atoms with van der Waals surface area (Å²) in [6, 6.07) is 14.7. The lowest BCUT2D eigenvalue weighted by molar-refractivity contribution is -0.137. The Morgan fingerprint density at radius 3 is 2.50 bits per heavy atom. The quantitative estimate of drug-likeness (QED) is 0.119. The third-order valence-electron chi connectivity index (χ3n) is 9.11. The molecule has 258 valence electrons. The number of H-pyrrole nitrogens is 1. The van der Waals surface area contributed by atoms with E-state index in [9.17, 15) is 29.1 Å². The van der Waals surface area contributed by atoms with Crippen LogP contribution in [0.5, 0.6) is 5.75 Å². The molecule has 2 fully saturated rings. The summed E-state index contributed by atoms with van der Waals surface area (Å²) < 4.78 is 11.2. The molecule has 15 heteroatoms. The zero-order valence-electron chi connectivity index (χ0n) is 27.0. The number of aromatic hydroxyl groups is 1. The highest BCUT2D eigenvalue weighted by Crippen LogP contribution is 2.33. The van der Waals surface area contributed by atoms with E-state index in [0.29, 0.717) is 62.0 Å². The fourth-order valence-corrected chi connectivity index (χ4v) is 6.43. The maximum absolute atomic E-state index is 13.2. The topological polar surface area (TPSA) is 196 Å². The van der Waals surface area contributed by atoms with Crippen LogP contribution in [0, 0.1) is 0 Å². The molecular formula is C35H35N7O8. The van der Waals surface area contributed by atoms with Crippen molar-refractivity contribution in [2.45, 2.75) is 31.2 Å². The number of phenolic OH excluding ortho intramolecular Hbond substituents is 1. The number of aromatic amines is 1. The SMILES string of the molecule is O=C1CCC(N2C(=O)c3cccc(NCCOCCOCCC(=O)N4CC(c5cc6cc(-c7ccccc7O)nnc6[nH]5)C4)c3C2=O)C(=O)N1. The number of amides is 5. The number of nitrogens with one attached hydrogen (secondary N) is 3. The monoisotopic (exact) mass is 681 g/mol. The van der Waals surface area contributed by atoms with Crippen molar-refractivity contribution in [2.75, 3.05) is 51.4 Å². The Morgan fingerprint density at radius 1 is 0.920 bits per heavy atom. The third kappa shape index (κ3) is 6.52. The highest BCUT2D eigenvalue weighted by molar-refractivity contribution is 6.25. The van der Waals surface area contributed by atoms with Gasteiger partial charge in [-0.05, 0) is 42.8 Å². The third-order valence-corrected chi connectivity index (χ3v) is 9.11. The number of ether oxygens (including phenoxy) is 2. The van der Waals surface area contributed by atoms with Crippen LogP contribution < -0.4 is 10.6 Å². The molecule has 3 aliphatic rings. The molecule has 5 heterocycles. The van der Waals surface area contributed by atoms with Crippen molar-refractivity contribution in [3.63, 3.8) is 0 Å². The maximum atomic E-state index is 13.2. The second kappa shape index (κ2) is 14.1. The van der Waals surface area contributed by atoms with Gasteiger partial charge in [0.05, 0.1) is 49.7 Å². The van der Waals surface area contributed by atoms with E-state index in [2.05, 4.69) is 25.8 Å². The zero-order chi connectivity index (χ0) is 34.8. The normalized spacial score (nSPS) is 17.6. The minimum atomic E-state index is -1.02.